The summed E-state index contributed by atoms with van der Waals surface area (Å²) in [6.45, 7) is 0. The number of H-pyrrole nitrogens is 1. The molecule has 2 N–H and O–H groups in total. The Morgan fingerprint density at radius 1 is 1.12 bits per heavy atom. The summed E-state index contributed by atoms with van der Waals surface area (Å²) in [7, 11) is -4.17. The van der Waals surface area contributed by atoms with E-state index in [1.807, 2.05) is 12.1 Å². The molecule has 0 fully saturated rings. The topological polar surface area (TPSA) is 74.8 Å². The standard InChI is InChI=1S/C17H10BrF2N3O2S/c18-11-6-13(20)14(7-12(11)19)23-26(24,25)15-8-22-17-10(15)4-3-9-2-1-5-21-16(9)17/h1-8,21,23H. The molecule has 4 rings (SSSR count). The highest BCUT2D eigenvalue weighted by atomic mass is 79.9. The first kappa shape index (κ1) is 16.9. The van der Waals surface area contributed by atoms with Gasteiger partial charge in [0, 0.05) is 29.2 Å². The maximum Gasteiger partial charge on any atom is 0.264 e. The zero-order valence-corrected chi connectivity index (χ0v) is 15.3. The lowest BCUT2D eigenvalue weighted by molar-refractivity contribution is 0.592. The molecule has 0 bridgehead atoms. The van der Waals surface area contributed by atoms with Crippen LogP contribution in [0.4, 0.5) is 14.5 Å². The Hall–Kier alpha value is -2.52. The molecule has 0 aliphatic carbocycles. The van der Waals surface area contributed by atoms with Crippen molar-refractivity contribution in [3.05, 3.63) is 64.9 Å². The fourth-order valence-corrected chi connectivity index (χ4v) is 4.24. The van der Waals surface area contributed by atoms with Gasteiger partial charge in [0.2, 0.25) is 0 Å². The van der Waals surface area contributed by atoms with E-state index in [1.54, 1.807) is 18.3 Å². The first-order valence-electron chi connectivity index (χ1n) is 7.39. The van der Waals surface area contributed by atoms with E-state index in [-0.39, 0.29) is 9.37 Å². The summed E-state index contributed by atoms with van der Waals surface area (Å²) in [5.41, 5.74) is 0.686. The summed E-state index contributed by atoms with van der Waals surface area (Å²) >= 11 is 2.85. The smallest absolute Gasteiger partial charge is 0.264 e. The molecule has 5 nitrogen and oxygen atoms in total. The summed E-state index contributed by atoms with van der Waals surface area (Å²) < 4.78 is 55.0. The van der Waals surface area contributed by atoms with Gasteiger partial charge in [0.05, 0.1) is 21.2 Å². The maximum atomic E-state index is 14.0. The first-order chi connectivity index (χ1) is 12.4. The van der Waals surface area contributed by atoms with E-state index in [2.05, 4.69) is 30.6 Å². The second-order valence-corrected chi connectivity index (χ2v) is 8.08. The van der Waals surface area contributed by atoms with Crippen molar-refractivity contribution in [2.24, 2.45) is 0 Å². The van der Waals surface area contributed by atoms with Crippen LogP contribution in [0, 0.1) is 11.6 Å². The van der Waals surface area contributed by atoms with Gasteiger partial charge in [-0.05, 0) is 28.1 Å². The van der Waals surface area contributed by atoms with Crippen LogP contribution in [-0.4, -0.2) is 18.4 Å². The van der Waals surface area contributed by atoms with Gasteiger partial charge in [0.1, 0.15) is 16.5 Å². The van der Waals surface area contributed by atoms with E-state index < -0.39 is 27.3 Å². The Morgan fingerprint density at radius 2 is 1.92 bits per heavy atom. The third-order valence-electron chi connectivity index (χ3n) is 3.93. The van der Waals surface area contributed by atoms with Crippen LogP contribution < -0.4 is 4.72 Å². The number of sulfonamides is 1. The Bertz CT molecular complexity index is 1270. The van der Waals surface area contributed by atoms with Crippen LogP contribution in [-0.2, 0) is 10.0 Å². The molecule has 2 aromatic carbocycles. The van der Waals surface area contributed by atoms with Crippen molar-refractivity contribution in [1.29, 1.82) is 0 Å². The number of aromatic nitrogens is 2. The van der Waals surface area contributed by atoms with Crippen molar-refractivity contribution < 1.29 is 17.2 Å². The molecule has 0 amide bonds. The quantitative estimate of drug-likeness (QED) is 0.461. The lowest BCUT2D eigenvalue weighted by Gasteiger charge is -2.09. The zero-order valence-electron chi connectivity index (χ0n) is 12.9. The van der Waals surface area contributed by atoms with E-state index in [0.29, 0.717) is 16.4 Å². The van der Waals surface area contributed by atoms with Gasteiger partial charge in [-0.25, -0.2) is 17.2 Å². The number of nitrogens with one attached hydrogen (secondary N) is 2. The molecule has 0 aliphatic rings. The third-order valence-corrected chi connectivity index (χ3v) is 5.93. The molecular formula is C17H10BrF2N3O2S. The van der Waals surface area contributed by atoms with Crippen molar-refractivity contribution in [3.63, 3.8) is 0 Å². The number of aromatic amines is 1. The fraction of sp³-hybridized carbons (Fsp3) is 0. The minimum absolute atomic E-state index is 0.0969. The van der Waals surface area contributed by atoms with Crippen LogP contribution in [0.3, 0.4) is 0 Å². The number of nitrogens with zero attached hydrogens (tertiary/aromatic N) is 1. The maximum absolute atomic E-state index is 14.0. The number of benzene rings is 2. The minimum Gasteiger partial charge on any atom is -0.359 e. The van der Waals surface area contributed by atoms with E-state index in [1.165, 1.54) is 6.20 Å². The van der Waals surface area contributed by atoms with E-state index in [4.69, 9.17) is 0 Å². The fourth-order valence-electron chi connectivity index (χ4n) is 2.72. The van der Waals surface area contributed by atoms with Crippen molar-refractivity contribution in [1.82, 2.24) is 9.97 Å². The van der Waals surface area contributed by atoms with Gasteiger partial charge >= 0.3 is 0 Å². The molecule has 4 aromatic rings. The summed E-state index contributed by atoms with van der Waals surface area (Å²) in [6.07, 6.45) is 2.91. The molecular weight excluding hydrogens is 428 g/mol. The van der Waals surface area contributed by atoms with Crippen LogP contribution in [0.2, 0.25) is 0 Å². The predicted octanol–water partition coefficient (Wildman–Crippen LogP) is 4.56. The molecule has 0 saturated carbocycles. The van der Waals surface area contributed by atoms with Crippen LogP contribution in [0.25, 0.3) is 21.8 Å². The number of halogens is 3. The van der Waals surface area contributed by atoms with Gasteiger partial charge in [-0.15, -0.1) is 0 Å². The monoisotopic (exact) mass is 437 g/mol. The molecule has 9 heteroatoms. The molecule has 132 valence electrons. The van der Waals surface area contributed by atoms with Crippen molar-refractivity contribution in [2.75, 3.05) is 4.72 Å². The molecule has 2 aromatic heterocycles. The average Bonchev–Trinajstić information content (AvgIpc) is 3.05. The number of fused-ring (bicyclic) bond motifs is 3. The van der Waals surface area contributed by atoms with Crippen LogP contribution >= 0.6 is 15.9 Å². The number of rotatable bonds is 3. The normalized spacial score (nSPS) is 12.0. The average molecular weight is 438 g/mol. The Balaban J connectivity index is 1.84. The molecule has 0 spiro atoms. The number of hydrogen-bond donors (Lipinski definition) is 2. The van der Waals surface area contributed by atoms with Gasteiger partial charge in [-0.3, -0.25) is 9.71 Å². The molecule has 0 saturated heterocycles. The van der Waals surface area contributed by atoms with E-state index >= 15 is 0 Å². The molecule has 2 heterocycles. The van der Waals surface area contributed by atoms with Gasteiger partial charge < -0.3 is 4.98 Å². The summed E-state index contributed by atoms with van der Waals surface area (Å²) in [6, 6.07) is 8.71. The van der Waals surface area contributed by atoms with Gasteiger partial charge in [-0.2, -0.15) is 0 Å². The van der Waals surface area contributed by atoms with Gasteiger partial charge in [-0.1, -0.05) is 18.2 Å². The number of hydrogen-bond acceptors (Lipinski definition) is 3. The van der Waals surface area contributed by atoms with Gasteiger partial charge in [0.15, 0.2) is 0 Å². The second kappa shape index (κ2) is 6.03. The summed E-state index contributed by atoms with van der Waals surface area (Å²) in [4.78, 5) is 7.11. The Morgan fingerprint density at radius 3 is 2.73 bits per heavy atom. The van der Waals surface area contributed by atoms with Crippen LogP contribution in [0.15, 0.2) is 58.2 Å². The molecule has 0 atom stereocenters. The second-order valence-electron chi connectivity index (χ2n) is 5.57. The lowest BCUT2D eigenvalue weighted by Crippen LogP contribution is -2.14. The predicted molar refractivity (Wildman–Crippen MR) is 98.5 cm³/mol. The highest BCUT2D eigenvalue weighted by Gasteiger charge is 2.23. The number of anilines is 1. The Kier molecular flexibility index (Phi) is 3.92. The SMILES string of the molecule is O=S(=O)(Nc1cc(F)c(Br)cc1F)c1cnc2c1ccc1ccc[nH]c12. The molecule has 0 aliphatic heterocycles. The van der Waals surface area contributed by atoms with Crippen molar-refractivity contribution in [3.8, 4) is 0 Å². The Labute approximate surface area is 155 Å². The highest BCUT2D eigenvalue weighted by molar-refractivity contribution is 9.10. The van der Waals surface area contributed by atoms with E-state index in [0.717, 1.165) is 17.5 Å². The highest BCUT2D eigenvalue weighted by Crippen LogP contribution is 2.30. The van der Waals surface area contributed by atoms with Gasteiger partial charge in [0.25, 0.3) is 10.0 Å². The lowest BCUT2D eigenvalue weighted by atomic mass is 10.1. The third kappa shape index (κ3) is 2.73. The first-order valence-corrected chi connectivity index (χ1v) is 9.66. The van der Waals surface area contributed by atoms with Crippen LogP contribution in [0.1, 0.15) is 0 Å². The summed E-state index contributed by atoms with van der Waals surface area (Å²) in [5.74, 6) is -1.68. The van der Waals surface area contributed by atoms with Crippen molar-refractivity contribution in [2.45, 2.75) is 4.90 Å². The largest absolute Gasteiger partial charge is 0.359 e. The molecule has 0 unspecified atom stereocenters. The zero-order chi connectivity index (χ0) is 18.5. The summed E-state index contributed by atoms with van der Waals surface area (Å²) in [5, 5.41) is 1.25. The molecule has 0 radical (unpaired) electrons. The van der Waals surface area contributed by atoms with E-state index in [9.17, 15) is 17.2 Å². The minimum atomic E-state index is -4.17. The van der Waals surface area contributed by atoms with Crippen molar-refractivity contribution >= 4 is 53.4 Å². The van der Waals surface area contributed by atoms with Crippen LogP contribution in [0.5, 0.6) is 0 Å². The number of pyridine rings is 1. The molecule has 26 heavy (non-hydrogen) atoms.